The number of carbonyl (C=O) groups is 2. The van der Waals surface area contributed by atoms with Gasteiger partial charge in [0.05, 0.1) is 0 Å². The van der Waals surface area contributed by atoms with Crippen LogP contribution in [0.3, 0.4) is 0 Å². The van der Waals surface area contributed by atoms with Gasteiger partial charge in [0.25, 0.3) is 0 Å². The molecule has 0 fully saturated rings. The summed E-state index contributed by atoms with van der Waals surface area (Å²) in [7, 11) is 0. The molecule has 0 bridgehead atoms. The van der Waals surface area contributed by atoms with Gasteiger partial charge in [0.1, 0.15) is 0 Å². The quantitative estimate of drug-likeness (QED) is 0.101. The summed E-state index contributed by atoms with van der Waals surface area (Å²) < 4.78 is 15.2. The molecular formula is C67H48O4Ti. The molecule has 10 aromatic carbocycles. The van der Waals surface area contributed by atoms with E-state index < -0.39 is 48.6 Å². The zero-order chi connectivity index (χ0) is 48.3. The molecule has 2 aliphatic carbocycles. The van der Waals surface area contributed by atoms with E-state index in [4.69, 9.17) is 6.64 Å². The molecule has 4 nitrogen and oxygen atoms in total. The number of carbonyl (C=O) groups excluding carboxylic acids is 2. The van der Waals surface area contributed by atoms with E-state index in [1.807, 2.05) is 182 Å². The van der Waals surface area contributed by atoms with Crippen LogP contribution in [0, 0.1) is 0 Å². The van der Waals surface area contributed by atoms with Crippen LogP contribution in [0.1, 0.15) is 75.2 Å². The Morgan fingerprint density at radius 1 is 0.319 bits per heavy atom. The van der Waals surface area contributed by atoms with Crippen LogP contribution in [-0.4, -0.2) is 11.9 Å². The Bertz CT molecular complexity index is 3220. The average Bonchev–Trinajstić information content (AvgIpc) is 3.98. The molecule has 2 atom stereocenters. The molecule has 0 saturated carbocycles. The average molecular weight is 965 g/mol. The van der Waals surface area contributed by atoms with Gasteiger partial charge in [-0.2, -0.15) is 0 Å². The Labute approximate surface area is 424 Å². The maximum atomic E-state index is 17.4. The minimum atomic E-state index is -5.70. The van der Waals surface area contributed by atoms with Crippen molar-refractivity contribution in [1.29, 1.82) is 0 Å². The van der Waals surface area contributed by atoms with Crippen LogP contribution >= 0.6 is 0 Å². The molecule has 1 aliphatic heterocycles. The number of hydrogen-bond acceptors (Lipinski definition) is 4. The van der Waals surface area contributed by atoms with Crippen molar-refractivity contribution in [2.75, 3.05) is 0 Å². The van der Waals surface area contributed by atoms with E-state index in [1.165, 1.54) is 0 Å². The molecule has 1 heterocycles. The number of fused-ring (bicyclic) bond motifs is 6. The van der Waals surface area contributed by atoms with Crippen LogP contribution in [0.5, 0.6) is 0 Å². The molecule has 344 valence electrons. The third-order valence-electron chi connectivity index (χ3n) is 15.6. The van der Waals surface area contributed by atoms with Gasteiger partial charge in [0, 0.05) is 0 Å². The zero-order valence-electron chi connectivity index (χ0n) is 39.4. The molecule has 10 aromatic rings. The second-order valence-electron chi connectivity index (χ2n) is 19.2. The monoisotopic (exact) mass is 964 g/mol. The molecule has 5 heteroatoms. The first-order chi connectivity index (χ1) is 35.5. The fourth-order valence-corrected chi connectivity index (χ4v) is 19.9. The SMILES string of the molecule is O=C([O][Ti]1([O]C(=O)C(c2ccccc2)(c2ccccc2)c2ccccc2)[CH]2c3ccccc3-c3cccc(c32)Cc2cccc3c2[CH]1c1ccccc1-3)C(c1ccccc1)(c1ccccc1)c1ccccc1. The Morgan fingerprint density at radius 2 is 0.583 bits per heavy atom. The molecule has 0 aromatic heterocycles. The molecule has 0 amide bonds. The van der Waals surface area contributed by atoms with E-state index in [2.05, 4.69) is 84.9 Å². The molecule has 13 rings (SSSR count). The first-order valence-electron chi connectivity index (χ1n) is 24.8. The van der Waals surface area contributed by atoms with Crippen LogP contribution in [-0.2, 0) is 50.8 Å². The fraction of sp³-hybridized carbons (Fsp3) is 0.0746. The van der Waals surface area contributed by atoms with Crippen molar-refractivity contribution in [1.82, 2.24) is 0 Å². The van der Waals surface area contributed by atoms with Crippen molar-refractivity contribution >= 4 is 11.9 Å². The van der Waals surface area contributed by atoms with Crippen molar-refractivity contribution in [3.05, 3.63) is 334 Å². The number of rotatable bonds is 10. The normalized spacial score (nSPS) is 15.7. The summed E-state index contributed by atoms with van der Waals surface area (Å²) in [6, 6.07) is 90.0. The van der Waals surface area contributed by atoms with Gasteiger partial charge in [-0.1, -0.05) is 0 Å². The Morgan fingerprint density at radius 3 is 0.889 bits per heavy atom. The van der Waals surface area contributed by atoms with Crippen LogP contribution in [0.2, 0.25) is 0 Å². The van der Waals surface area contributed by atoms with Crippen LogP contribution in [0.15, 0.2) is 267 Å². The first-order valence-corrected chi connectivity index (χ1v) is 27.8. The standard InChI is InChI=1S/C27H18.2C20H16O2.Ti/c1-3-11-22-20(7-1)16-26-18(9-5-13-24(22)26)15-19-10-6-14-25-23-12-4-2-8-21(23)17-27(19)25;2*21-19(22)20(16-10-4-1-5-11-16,17-12-6-2-7-13-17)18-14-8-3-9-15-18;/h1-14,16-17H,15H2;2*1-15H,(H,21,22);/q;;;+2/p-2. The van der Waals surface area contributed by atoms with Gasteiger partial charge in [-0.25, -0.2) is 0 Å². The van der Waals surface area contributed by atoms with E-state index in [1.54, 1.807) is 0 Å². The van der Waals surface area contributed by atoms with Gasteiger partial charge in [-0.05, 0) is 0 Å². The van der Waals surface area contributed by atoms with E-state index in [0.29, 0.717) is 6.42 Å². The second-order valence-corrected chi connectivity index (χ2v) is 23.9. The summed E-state index contributed by atoms with van der Waals surface area (Å²) in [6.07, 6.45) is 0.658. The maximum absolute atomic E-state index is 17.4. The second kappa shape index (κ2) is 17.6. The first kappa shape index (κ1) is 43.8. The molecule has 2 unspecified atom stereocenters. The zero-order valence-corrected chi connectivity index (χ0v) is 41.0. The summed E-state index contributed by atoms with van der Waals surface area (Å²) in [5.74, 6) is -0.980. The van der Waals surface area contributed by atoms with Crippen molar-refractivity contribution in [3.63, 3.8) is 0 Å². The van der Waals surface area contributed by atoms with E-state index in [-0.39, 0.29) is 0 Å². The van der Waals surface area contributed by atoms with Gasteiger partial charge in [-0.3, -0.25) is 0 Å². The minimum absolute atomic E-state index is 0.490. The van der Waals surface area contributed by atoms with Crippen molar-refractivity contribution in [2.45, 2.75) is 25.7 Å². The van der Waals surface area contributed by atoms with Gasteiger partial charge in [-0.15, -0.1) is 0 Å². The number of hydrogen-bond donors (Lipinski definition) is 0. The predicted molar refractivity (Wildman–Crippen MR) is 281 cm³/mol. The van der Waals surface area contributed by atoms with Gasteiger partial charge in [0.15, 0.2) is 0 Å². The third-order valence-corrected chi connectivity index (χ3v) is 21.6. The van der Waals surface area contributed by atoms with E-state index in [9.17, 15) is 0 Å². The molecule has 0 N–H and O–H groups in total. The summed E-state index contributed by atoms with van der Waals surface area (Å²) >= 11 is -5.70. The van der Waals surface area contributed by atoms with Crippen LogP contribution < -0.4 is 0 Å². The Kier molecular flexibility index (Phi) is 10.7. The number of benzene rings is 10. The molecule has 0 radical (unpaired) electrons. The van der Waals surface area contributed by atoms with Crippen molar-refractivity contribution in [3.8, 4) is 22.3 Å². The molecule has 0 saturated heterocycles. The molecule has 3 aliphatic rings. The van der Waals surface area contributed by atoms with E-state index in [0.717, 1.165) is 89.0 Å². The molecule has 72 heavy (non-hydrogen) atoms. The van der Waals surface area contributed by atoms with Gasteiger partial charge in [0.2, 0.25) is 0 Å². The van der Waals surface area contributed by atoms with Crippen molar-refractivity contribution < 1.29 is 33.6 Å². The van der Waals surface area contributed by atoms with Crippen molar-refractivity contribution in [2.24, 2.45) is 0 Å². The van der Waals surface area contributed by atoms with E-state index >= 15 is 9.59 Å². The summed E-state index contributed by atoms with van der Waals surface area (Å²) in [5.41, 5.74) is 12.1. The third kappa shape index (κ3) is 6.49. The Hall–Kier alpha value is -8.15. The Balaban J connectivity index is 1.19. The topological polar surface area (TPSA) is 52.6 Å². The van der Waals surface area contributed by atoms with Gasteiger partial charge < -0.3 is 0 Å². The summed E-state index contributed by atoms with van der Waals surface area (Å²) in [4.78, 5) is 34.8. The fourth-order valence-electron chi connectivity index (χ4n) is 12.7. The summed E-state index contributed by atoms with van der Waals surface area (Å²) in [6.45, 7) is 0. The molecule has 0 spiro atoms. The summed E-state index contributed by atoms with van der Waals surface area (Å²) in [5, 5.41) is 0. The predicted octanol–water partition coefficient (Wildman–Crippen LogP) is 14.6. The van der Waals surface area contributed by atoms with Crippen LogP contribution in [0.25, 0.3) is 22.3 Å². The van der Waals surface area contributed by atoms with Crippen LogP contribution in [0.4, 0.5) is 0 Å². The molecular weight excluding hydrogens is 917 g/mol. The van der Waals surface area contributed by atoms with Gasteiger partial charge >= 0.3 is 427 Å².